The molecule has 0 fully saturated rings. The summed E-state index contributed by atoms with van der Waals surface area (Å²) in [4.78, 5) is 0. The highest BCUT2D eigenvalue weighted by Gasteiger charge is 2.11. The fourth-order valence-electron chi connectivity index (χ4n) is 3.14. The lowest BCUT2D eigenvalue weighted by atomic mass is 9.88. The van der Waals surface area contributed by atoms with E-state index < -0.39 is 0 Å². The van der Waals surface area contributed by atoms with E-state index >= 15 is 0 Å². The second-order valence-electron chi connectivity index (χ2n) is 7.19. The summed E-state index contributed by atoms with van der Waals surface area (Å²) in [6.45, 7) is 8.45. The first kappa shape index (κ1) is 17.3. The van der Waals surface area contributed by atoms with Gasteiger partial charge in [-0.1, -0.05) is 36.8 Å². The summed E-state index contributed by atoms with van der Waals surface area (Å²) in [6, 6.07) is 11.7. The molecule has 2 aromatic rings. The van der Waals surface area contributed by atoms with Gasteiger partial charge in [-0.05, 0) is 80.0 Å². The lowest BCUT2D eigenvalue weighted by Gasteiger charge is -2.18. The highest BCUT2D eigenvalue weighted by molar-refractivity contribution is 5.44. The first-order valence-corrected chi connectivity index (χ1v) is 8.86. The summed E-state index contributed by atoms with van der Waals surface area (Å²) < 4.78 is 5.97. The van der Waals surface area contributed by atoms with Crippen LogP contribution in [0.1, 0.15) is 37.0 Å². The van der Waals surface area contributed by atoms with Crippen molar-refractivity contribution < 1.29 is 9.84 Å². The van der Waals surface area contributed by atoms with Gasteiger partial charge in [-0.25, -0.2) is 0 Å². The van der Waals surface area contributed by atoms with Crippen molar-refractivity contribution in [2.24, 2.45) is 5.92 Å². The van der Waals surface area contributed by atoms with Crippen LogP contribution in [-0.4, -0.2) is 5.11 Å². The maximum atomic E-state index is 9.86. The first-order chi connectivity index (χ1) is 11.9. The molecule has 2 nitrogen and oxygen atoms in total. The fraction of sp³-hybridized carbons (Fsp3) is 0.304. The van der Waals surface area contributed by atoms with Gasteiger partial charge in [-0.15, -0.1) is 0 Å². The Labute approximate surface area is 150 Å². The molecule has 0 heterocycles. The van der Waals surface area contributed by atoms with Crippen molar-refractivity contribution in [3.63, 3.8) is 0 Å². The van der Waals surface area contributed by atoms with Crippen molar-refractivity contribution in [2.75, 3.05) is 0 Å². The first-order valence-electron chi connectivity index (χ1n) is 8.86. The number of aryl methyl sites for hydroxylation is 2. The lowest BCUT2D eigenvalue weighted by molar-refractivity contribution is 0.452. The van der Waals surface area contributed by atoms with Crippen LogP contribution in [0.2, 0.25) is 0 Å². The second kappa shape index (κ2) is 7.18. The lowest BCUT2D eigenvalue weighted by Crippen LogP contribution is -2.03. The van der Waals surface area contributed by atoms with E-state index in [4.69, 9.17) is 4.74 Å². The maximum absolute atomic E-state index is 9.86. The zero-order valence-corrected chi connectivity index (χ0v) is 15.5. The van der Waals surface area contributed by atoms with Crippen LogP contribution in [0.25, 0.3) is 0 Å². The normalized spacial score (nSPS) is 17.0. The SMILES string of the molecule is CC1=CC(Cc2cc(C)cc(Oc3ccc(C)c(O)c3)c2)=CCC1C. The number of hydrogen-bond acceptors (Lipinski definition) is 2. The van der Waals surface area contributed by atoms with Crippen LogP contribution in [0.4, 0.5) is 0 Å². The molecule has 0 spiro atoms. The molecule has 1 unspecified atom stereocenters. The van der Waals surface area contributed by atoms with Crippen LogP contribution >= 0.6 is 0 Å². The molecular formula is C23H26O2. The van der Waals surface area contributed by atoms with Crippen molar-refractivity contribution >= 4 is 0 Å². The van der Waals surface area contributed by atoms with Gasteiger partial charge < -0.3 is 9.84 Å². The van der Waals surface area contributed by atoms with Gasteiger partial charge in [0.25, 0.3) is 0 Å². The van der Waals surface area contributed by atoms with Crippen molar-refractivity contribution in [2.45, 2.75) is 40.5 Å². The number of ether oxygens (including phenoxy) is 1. The molecule has 2 aromatic carbocycles. The number of hydrogen-bond donors (Lipinski definition) is 1. The van der Waals surface area contributed by atoms with Crippen molar-refractivity contribution in [1.29, 1.82) is 0 Å². The minimum Gasteiger partial charge on any atom is -0.508 e. The molecule has 0 amide bonds. The van der Waals surface area contributed by atoms with E-state index in [1.165, 1.54) is 22.3 Å². The minimum absolute atomic E-state index is 0.257. The molecule has 1 aliphatic carbocycles. The molecule has 3 rings (SSSR count). The number of aromatic hydroxyl groups is 1. The molecule has 0 radical (unpaired) electrons. The third kappa shape index (κ3) is 4.33. The van der Waals surface area contributed by atoms with Gasteiger partial charge in [-0.3, -0.25) is 0 Å². The fourth-order valence-corrected chi connectivity index (χ4v) is 3.14. The van der Waals surface area contributed by atoms with Crippen molar-refractivity contribution in [1.82, 2.24) is 0 Å². The van der Waals surface area contributed by atoms with Crippen molar-refractivity contribution in [3.05, 3.63) is 76.4 Å². The van der Waals surface area contributed by atoms with Crippen molar-refractivity contribution in [3.8, 4) is 17.2 Å². The molecule has 0 bridgehead atoms. The molecule has 1 aliphatic rings. The zero-order valence-electron chi connectivity index (χ0n) is 15.5. The number of allylic oxidation sites excluding steroid dienone is 4. The third-order valence-corrected chi connectivity index (χ3v) is 4.86. The van der Waals surface area contributed by atoms with Crippen LogP contribution in [0.5, 0.6) is 17.2 Å². The van der Waals surface area contributed by atoms with E-state index in [-0.39, 0.29) is 5.75 Å². The molecule has 0 aromatic heterocycles. The molecule has 25 heavy (non-hydrogen) atoms. The Bertz CT molecular complexity index is 843. The number of phenolic OH excluding ortho intramolecular Hbond substituents is 1. The summed E-state index contributed by atoms with van der Waals surface area (Å²) in [5, 5.41) is 9.86. The van der Waals surface area contributed by atoms with E-state index in [0.29, 0.717) is 11.7 Å². The van der Waals surface area contributed by atoms with Gasteiger partial charge in [0, 0.05) is 6.07 Å². The van der Waals surface area contributed by atoms with E-state index in [1.807, 2.05) is 25.1 Å². The van der Waals surface area contributed by atoms with Crippen LogP contribution < -0.4 is 4.74 Å². The Morgan fingerprint density at radius 2 is 1.84 bits per heavy atom. The van der Waals surface area contributed by atoms with E-state index in [2.05, 4.69) is 45.1 Å². The number of benzene rings is 2. The molecular weight excluding hydrogens is 308 g/mol. The molecule has 0 saturated carbocycles. The van der Waals surface area contributed by atoms with Crippen LogP contribution in [0.3, 0.4) is 0 Å². The predicted molar refractivity (Wildman–Crippen MR) is 103 cm³/mol. The Balaban J connectivity index is 1.80. The number of phenols is 1. The summed E-state index contributed by atoms with van der Waals surface area (Å²) in [7, 11) is 0. The zero-order chi connectivity index (χ0) is 18.0. The predicted octanol–water partition coefficient (Wildman–Crippen LogP) is 6.26. The largest absolute Gasteiger partial charge is 0.508 e. The van der Waals surface area contributed by atoms with Gasteiger partial charge >= 0.3 is 0 Å². The van der Waals surface area contributed by atoms with E-state index in [1.54, 1.807) is 6.07 Å². The monoisotopic (exact) mass is 334 g/mol. The highest BCUT2D eigenvalue weighted by atomic mass is 16.5. The summed E-state index contributed by atoms with van der Waals surface area (Å²) in [5.41, 5.74) is 6.10. The van der Waals surface area contributed by atoms with E-state index in [9.17, 15) is 5.11 Å². The van der Waals surface area contributed by atoms with Gasteiger partial charge in [0.1, 0.15) is 17.2 Å². The summed E-state index contributed by atoms with van der Waals surface area (Å²) in [5.74, 6) is 2.37. The quantitative estimate of drug-likeness (QED) is 0.715. The standard InChI is InChI=1S/C23H26O2/c1-15-9-20(12-19-7-5-16(2)18(4)11-19)13-22(10-15)25-21-8-6-17(3)23(24)14-21/h6-11,13-14,16,24H,5,12H2,1-4H3. The van der Waals surface area contributed by atoms with Crippen LogP contribution in [0.15, 0.2) is 59.7 Å². The molecule has 0 aliphatic heterocycles. The summed E-state index contributed by atoms with van der Waals surface area (Å²) in [6.07, 6.45) is 6.70. The highest BCUT2D eigenvalue weighted by Crippen LogP contribution is 2.30. The third-order valence-electron chi connectivity index (χ3n) is 4.86. The molecule has 1 atom stereocenters. The Hall–Kier alpha value is -2.48. The molecule has 130 valence electrons. The Kier molecular flexibility index (Phi) is 4.98. The molecule has 0 saturated heterocycles. The van der Waals surface area contributed by atoms with Gasteiger partial charge in [0.2, 0.25) is 0 Å². The average Bonchev–Trinajstić information content (AvgIpc) is 2.54. The topological polar surface area (TPSA) is 29.5 Å². The van der Waals surface area contributed by atoms with Gasteiger partial charge in [0.15, 0.2) is 0 Å². The smallest absolute Gasteiger partial charge is 0.131 e. The van der Waals surface area contributed by atoms with Crippen LogP contribution in [0, 0.1) is 19.8 Å². The van der Waals surface area contributed by atoms with Gasteiger partial charge in [0.05, 0.1) is 0 Å². The molecule has 2 heteroatoms. The Morgan fingerprint density at radius 3 is 2.56 bits per heavy atom. The minimum atomic E-state index is 0.257. The summed E-state index contributed by atoms with van der Waals surface area (Å²) >= 11 is 0. The average molecular weight is 334 g/mol. The van der Waals surface area contributed by atoms with Crippen LogP contribution in [-0.2, 0) is 6.42 Å². The number of rotatable bonds is 4. The maximum Gasteiger partial charge on any atom is 0.131 e. The van der Waals surface area contributed by atoms with E-state index in [0.717, 1.165) is 24.2 Å². The second-order valence-corrected chi connectivity index (χ2v) is 7.19. The van der Waals surface area contributed by atoms with Gasteiger partial charge in [-0.2, -0.15) is 0 Å². The molecule has 1 N–H and O–H groups in total. The Morgan fingerprint density at radius 1 is 1.04 bits per heavy atom.